The molecule has 0 aliphatic carbocycles. The Hall–Kier alpha value is -3.41. The second-order valence-corrected chi connectivity index (χ2v) is 7.51. The molecule has 2 aromatic carbocycles. The highest BCUT2D eigenvalue weighted by Crippen LogP contribution is 2.19. The van der Waals surface area contributed by atoms with Crippen molar-refractivity contribution in [2.24, 2.45) is 0 Å². The van der Waals surface area contributed by atoms with E-state index in [1.807, 2.05) is 58.0 Å². The molecule has 1 amide bonds. The Morgan fingerprint density at radius 3 is 2.31 bits per heavy atom. The molecule has 0 spiro atoms. The maximum Gasteiger partial charge on any atom is 0.255 e. The smallest absolute Gasteiger partial charge is 0.255 e. The van der Waals surface area contributed by atoms with Gasteiger partial charge in [0.2, 0.25) is 11.9 Å². The van der Waals surface area contributed by atoms with Gasteiger partial charge in [0, 0.05) is 23.1 Å². The Kier molecular flexibility index (Phi) is 5.82. The Morgan fingerprint density at radius 2 is 1.62 bits per heavy atom. The molecule has 0 saturated carbocycles. The summed E-state index contributed by atoms with van der Waals surface area (Å²) in [6, 6.07) is 13.3. The summed E-state index contributed by atoms with van der Waals surface area (Å²) < 4.78 is 1.35. The van der Waals surface area contributed by atoms with Crippen LogP contribution in [0, 0.1) is 34.6 Å². The predicted octanol–water partition coefficient (Wildman–Crippen LogP) is 4.17. The maximum absolute atomic E-state index is 12.7. The molecule has 150 valence electrons. The lowest BCUT2D eigenvalue weighted by atomic mass is 10.1. The fraction of sp³-hybridized carbons (Fsp3) is 0.261. The van der Waals surface area contributed by atoms with Gasteiger partial charge in [-0.3, -0.25) is 14.2 Å². The minimum Gasteiger partial charge on any atom is -0.325 e. The number of carbonyl (C=O) groups is 1. The fourth-order valence-electron chi connectivity index (χ4n) is 3.25. The van der Waals surface area contributed by atoms with Crippen LogP contribution in [0.4, 0.5) is 17.3 Å². The number of nitrogens with one attached hydrogen (secondary N) is 2. The topological polar surface area (TPSA) is 76.0 Å². The van der Waals surface area contributed by atoms with E-state index in [2.05, 4.69) is 21.7 Å². The minimum absolute atomic E-state index is 0.132. The number of amides is 1. The number of benzene rings is 2. The van der Waals surface area contributed by atoms with Crippen molar-refractivity contribution in [2.75, 3.05) is 10.6 Å². The highest BCUT2D eigenvalue weighted by atomic mass is 16.2. The highest BCUT2D eigenvalue weighted by molar-refractivity contribution is 5.91. The molecule has 0 aliphatic rings. The first-order chi connectivity index (χ1) is 13.7. The highest BCUT2D eigenvalue weighted by Gasteiger charge is 2.13. The zero-order chi connectivity index (χ0) is 21.1. The molecule has 0 aliphatic heterocycles. The molecule has 3 aromatic rings. The van der Waals surface area contributed by atoms with E-state index in [1.165, 1.54) is 10.6 Å². The van der Waals surface area contributed by atoms with E-state index >= 15 is 0 Å². The molecule has 2 N–H and O–H groups in total. The van der Waals surface area contributed by atoms with Crippen molar-refractivity contribution in [1.29, 1.82) is 0 Å². The third-order valence-corrected chi connectivity index (χ3v) is 4.58. The van der Waals surface area contributed by atoms with Gasteiger partial charge in [0.05, 0.1) is 0 Å². The average molecular weight is 390 g/mol. The van der Waals surface area contributed by atoms with Crippen LogP contribution in [-0.4, -0.2) is 15.5 Å². The lowest BCUT2D eigenvalue weighted by Gasteiger charge is -2.15. The van der Waals surface area contributed by atoms with Gasteiger partial charge in [-0.2, -0.15) is 0 Å². The number of hydrogen-bond donors (Lipinski definition) is 2. The first kappa shape index (κ1) is 20.3. The zero-order valence-electron chi connectivity index (χ0n) is 17.5. The van der Waals surface area contributed by atoms with Gasteiger partial charge in [-0.25, -0.2) is 4.98 Å². The van der Waals surface area contributed by atoms with Crippen LogP contribution in [0.5, 0.6) is 0 Å². The summed E-state index contributed by atoms with van der Waals surface area (Å²) in [6.45, 7) is 9.54. The van der Waals surface area contributed by atoms with Gasteiger partial charge < -0.3 is 10.6 Å². The van der Waals surface area contributed by atoms with Crippen LogP contribution in [0.15, 0.2) is 47.3 Å². The summed E-state index contributed by atoms with van der Waals surface area (Å²) in [5.41, 5.74) is 6.09. The molecule has 0 radical (unpaired) electrons. The number of anilines is 3. The molecule has 0 unspecified atom stereocenters. The summed E-state index contributed by atoms with van der Waals surface area (Å²) in [6.07, 6.45) is 0. The van der Waals surface area contributed by atoms with Crippen LogP contribution in [-0.2, 0) is 11.3 Å². The fourth-order valence-corrected chi connectivity index (χ4v) is 3.25. The molecular formula is C23H26N4O2. The normalized spacial score (nSPS) is 10.7. The summed E-state index contributed by atoms with van der Waals surface area (Å²) in [7, 11) is 0. The van der Waals surface area contributed by atoms with Crippen molar-refractivity contribution in [3.8, 4) is 0 Å². The third-order valence-electron chi connectivity index (χ3n) is 4.58. The van der Waals surface area contributed by atoms with E-state index in [9.17, 15) is 9.59 Å². The second-order valence-electron chi connectivity index (χ2n) is 7.51. The van der Waals surface area contributed by atoms with Crippen LogP contribution in [0.3, 0.4) is 0 Å². The Labute approximate surface area is 170 Å². The lowest BCUT2D eigenvalue weighted by molar-refractivity contribution is -0.116. The average Bonchev–Trinajstić information content (AvgIpc) is 2.60. The number of aromatic nitrogens is 2. The van der Waals surface area contributed by atoms with Crippen molar-refractivity contribution in [3.63, 3.8) is 0 Å². The van der Waals surface area contributed by atoms with Gasteiger partial charge >= 0.3 is 0 Å². The summed E-state index contributed by atoms with van der Waals surface area (Å²) in [5, 5.41) is 6.09. The standard InChI is InChI=1S/C23H26N4O2/c1-14-6-7-17(4)20(11-14)26-21(28)13-27-22(29)12-18(5)24-23(27)25-19-9-15(2)8-16(3)10-19/h6-12H,13H2,1-5H3,(H,24,25)(H,26,28). The molecule has 1 aromatic heterocycles. The summed E-state index contributed by atoms with van der Waals surface area (Å²) in [4.78, 5) is 29.7. The Balaban J connectivity index is 1.89. The van der Waals surface area contributed by atoms with Gasteiger partial charge in [0.15, 0.2) is 0 Å². The molecule has 6 heteroatoms. The first-order valence-electron chi connectivity index (χ1n) is 9.52. The van der Waals surface area contributed by atoms with Crippen LogP contribution in [0.2, 0.25) is 0 Å². The zero-order valence-corrected chi connectivity index (χ0v) is 17.5. The molecule has 3 rings (SSSR count). The van der Waals surface area contributed by atoms with E-state index < -0.39 is 0 Å². The predicted molar refractivity (Wildman–Crippen MR) is 117 cm³/mol. The molecule has 29 heavy (non-hydrogen) atoms. The maximum atomic E-state index is 12.7. The molecule has 0 atom stereocenters. The quantitative estimate of drug-likeness (QED) is 0.686. The van der Waals surface area contributed by atoms with E-state index in [0.717, 1.165) is 33.6 Å². The first-order valence-corrected chi connectivity index (χ1v) is 9.52. The third kappa shape index (κ3) is 5.10. The van der Waals surface area contributed by atoms with Crippen LogP contribution >= 0.6 is 0 Å². The van der Waals surface area contributed by atoms with Crippen LogP contribution < -0.4 is 16.2 Å². The van der Waals surface area contributed by atoms with Crippen molar-refractivity contribution >= 4 is 23.2 Å². The van der Waals surface area contributed by atoms with E-state index in [4.69, 9.17) is 0 Å². The van der Waals surface area contributed by atoms with E-state index in [-0.39, 0.29) is 18.0 Å². The number of aryl methyl sites for hydroxylation is 5. The van der Waals surface area contributed by atoms with Crippen molar-refractivity contribution in [2.45, 2.75) is 41.2 Å². The van der Waals surface area contributed by atoms with Gasteiger partial charge in [0.1, 0.15) is 6.54 Å². The monoisotopic (exact) mass is 390 g/mol. The Bertz CT molecular complexity index is 1110. The Morgan fingerprint density at radius 1 is 0.931 bits per heavy atom. The SMILES string of the molecule is Cc1cc(C)cc(Nc2nc(C)cc(=O)n2CC(=O)Nc2cc(C)ccc2C)c1. The molecule has 0 saturated heterocycles. The lowest BCUT2D eigenvalue weighted by Crippen LogP contribution is -2.30. The van der Waals surface area contributed by atoms with Crippen LogP contribution in [0.25, 0.3) is 0 Å². The summed E-state index contributed by atoms with van der Waals surface area (Å²) in [5.74, 6) is 0.0611. The second kappa shape index (κ2) is 8.31. The van der Waals surface area contributed by atoms with Gasteiger partial charge in [-0.15, -0.1) is 0 Å². The number of carbonyl (C=O) groups excluding carboxylic acids is 1. The van der Waals surface area contributed by atoms with Crippen molar-refractivity contribution in [3.05, 3.63) is 80.8 Å². The van der Waals surface area contributed by atoms with Gasteiger partial charge in [0.25, 0.3) is 5.56 Å². The molecule has 0 bridgehead atoms. The van der Waals surface area contributed by atoms with Gasteiger partial charge in [-0.05, 0) is 75.1 Å². The molecule has 6 nitrogen and oxygen atoms in total. The minimum atomic E-state index is -0.282. The number of nitrogens with zero attached hydrogens (tertiary/aromatic N) is 2. The number of hydrogen-bond acceptors (Lipinski definition) is 4. The van der Waals surface area contributed by atoms with Crippen LogP contribution in [0.1, 0.15) is 27.9 Å². The van der Waals surface area contributed by atoms with Crippen molar-refractivity contribution in [1.82, 2.24) is 9.55 Å². The van der Waals surface area contributed by atoms with E-state index in [0.29, 0.717) is 11.6 Å². The van der Waals surface area contributed by atoms with E-state index in [1.54, 1.807) is 6.92 Å². The van der Waals surface area contributed by atoms with Gasteiger partial charge in [-0.1, -0.05) is 18.2 Å². The molecule has 1 heterocycles. The van der Waals surface area contributed by atoms with Crippen molar-refractivity contribution < 1.29 is 4.79 Å². The molecule has 0 fully saturated rings. The number of rotatable bonds is 5. The largest absolute Gasteiger partial charge is 0.325 e. The molecular weight excluding hydrogens is 364 g/mol. The summed E-state index contributed by atoms with van der Waals surface area (Å²) >= 11 is 0.